The first-order chi connectivity index (χ1) is 16.0. The van der Waals surface area contributed by atoms with E-state index in [0.717, 1.165) is 59.2 Å². The molecule has 1 aromatic heterocycles. The third kappa shape index (κ3) is 5.37. The van der Waals surface area contributed by atoms with Crippen molar-refractivity contribution in [1.82, 2.24) is 9.47 Å². The summed E-state index contributed by atoms with van der Waals surface area (Å²) >= 11 is 13.8. The number of carbonyl (C=O) groups is 1. The van der Waals surface area contributed by atoms with Gasteiger partial charge in [0.2, 0.25) is 5.91 Å². The second-order valence-electron chi connectivity index (χ2n) is 7.67. The number of thiazole rings is 1. The summed E-state index contributed by atoms with van der Waals surface area (Å²) in [5.41, 5.74) is 2.61. The molecule has 1 amide bonds. The molecular weight excluding hydrogens is 481 g/mol. The van der Waals surface area contributed by atoms with Crippen LogP contribution in [-0.4, -0.2) is 42.7 Å². The summed E-state index contributed by atoms with van der Waals surface area (Å²) in [5, 5.41) is 3.02. The predicted molar refractivity (Wildman–Crippen MR) is 133 cm³/mol. The predicted octanol–water partition coefficient (Wildman–Crippen LogP) is 5.79. The molecule has 0 saturated carbocycles. The van der Waals surface area contributed by atoms with Gasteiger partial charge < -0.3 is 18.9 Å². The van der Waals surface area contributed by atoms with Crippen molar-refractivity contribution in [3.05, 3.63) is 56.6 Å². The van der Waals surface area contributed by atoms with Gasteiger partial charge in [0.15, 0.2) is 4.80 Å². The van der Waals surface area contributed by atoms with Crippen LogP contribution >= 0.6 is 34.5 Å². The minimum Gasteiger partial charge on any atom is -0.497 e. The Bertz CT molecular complexity index is 1220. The number of nitrogens with zero attached hydrogens (tertiary/aromatic N) is 3. The molecule has 0 aliphatic carbocycles. The molecule has 0 unspecified atom stereocenters. The van der Waals surface area contributed by atoms with Gasteiger partial charge in [0, 0.05) is 37.0 Å². The van der Waals surface area contributed by atoms with Crippen LogP contribution in [0.25, 0.3) is 11.3 Å². The fourth-order valence-corrected chi connectivity index (χ4v) is 5.13. The van der Waals surface area contributed by atoms with Gasteiger partial charge in [0.25, 0.3) is 0 Å². The first-order valence-electron chi connectivity index (χ1n) is 10.7. The number of amides is 1. The number of aromatic nitrogens is 1. The summed E-state index contributed by atoms with van der Waals surface area (Å²) in [6.07, 6.45) is 2.40. The highest BCUT2D eigenvalue weighted by molar-refractivity contribution is 7.07. The van der Waals surface area contributed by atoms with E-state index >= 15 is 0 Å². The Labute approximate surface area is 207 Å². The normalized spacial score (nSPS) is 14.2. The third-order valence-electron chi connectivity index (χ3n) is 5.59. The fourth-order valence-electron chi connectivity index (χ4n) is 3.89. The molecule has 1 aliphatic heterocycles. The molecular formula is C24H25Cl2N3O3S. The van der Waals surface area contributed by atoms with Crippen LogP contribution in [0.4, 0.5) is 5.69 Å². The van der Waals surface area contributed by atoms with E-state index < -0.39 is 0 Å². The van der Waals surface area contributed by atoms with Crippen LogP contribution in [0.2, 0.25) is 10.0 Å². The van der Waals surface area contributed by atoms with Gasteiger partial charge in [-0.25, -0.2) is 4.99 Å². The summed E-state index contributed by atoms with van der Waals surface area (Å²) in [6, 6.07) is 11.1. The van der Waals surface area contributed by atoms with E-state index in [1.54, 1.807) is 26.4 Å². The van der Waals surface area contributed by atoms with Crippen molar-refractivity contribution in [3.8, 4) is 22.8 Å². The van der Waals surface area contributed by atoms with Crippen molar-refractivity contribution in [2.45, 2.75) is 25.8 Å². The molecule has 174 valence electrons. The zero-order valence-electron chi connectivity index (χ0n) is 18.5. The van der Waals surface area contributed by atoms with Gasteiger partial charge in [0.05, 0.1) is 35.6 Å². The number of halogens is 2. The third-order valence-corrected chi connectivity index (χ3v) is 7.19. The maximum Gasteiger partial charge on any atom is 0.222 e. The molecule has 4 rings (SSSR count). The Hall–Kier alpha value is -2.48. The van der Waals surface area contributed by atoms with E-state index in [2.05, 4.69) is 9.95 Å². The molecule has 6 nitrogen and oxygen atoms in total. The van der Waals surface area contributed by atoms with E-state index in [4.69, 9.17) is 37.7 Å². The summed E-state index contributed by atoms with van der Waals surface area (Å²) in [6.45, 7) is 2.26. The van der Waals surface area contributed by atoms with Crippen LogP contribution in [0.3, 0.4) is 0 Å². The van der Waals surface area contributed by atoms with E-state index in [0.29, 0.717) is 23.0 Å². The Morgan fingerprint density at radius 1 is 1.06 bits per heavy atom. The molecule has 3 aromatic rings. The maximum atomic E-state index is 12.0. The highest BCUT2D eigenvalue weighted by Crippen LogP contribution is 2.34. The van der Waals surface area contributed by atoms with Crippen molar-refractivity contribution in [2.75, 3.05) is 27.3 Å². The lowest BCUT2D eigenvalue weighted by Gasteiger charge is -2.17. The summed E-state index contributed by atoms with van der Waals surface area (Å²) < 4.78 is 13.2. The minimum absolute atomic E-state index is 0.237. The molecule has 0 spiro atoms. The van der Waals surface area contributed by atoms with Crippen molar-refractivity contribution in [2.24, 2.45) is 4.99 Å². The molecule has 2 heterocycles. The highest BCUT2D eigenvalue weighted by atomic mass is 35.5. The molecule has 1 aliphatic rings. The smallest absolute Gasteiger partial charge is 0.222 e. The molecule has 0 bridgehead atoms. The standard InChI is InChI=1S/C24H25Cl2N3O3S/c1-31-17-7-9-22(32-2)18(14-17)21-15-33-24(27-16-6-8-19(25)20(26)13-16)29(21)12-4-11-28-10-3-5-23(28)30/h6-9,13-15H,3-5,10-12H2,1-2H3. The SMILES string of the molecule is COc1ccc(OC)c(-c2csc(=Nc3ccc(Cl)c(Cl)c3)n2CCCN2CCCC2=O)c1. The van der Waals surface area contributed by atoms with E-state index in [-0.39, 0.29) is 5.91 Å². The zero-order chi connectivity index (χ0) is 23.4. The average Bonchev–Trinajstić information content (AvgIpc) is 3.41. The highest BCUT2D eigenvalue weighted by Gasteiger charge is 2.20. The number of hydrogen-bond donors (Lipinski definition) is 0. The number of methoxy groups -OCH3 is 2. The van der Waals surface area contributed by atoms with Crippen LogP contribution in [0, 0.1) is 0 Å². The van der Waals surface area contributed by atoms with Gasteiger partial charge in [0.1, 0.15) is 11.5 Å². The largest absolute Gasteiger partial charge is 0.497 e. The topological polar surface area (TPSA) is 56.1 Å². The van der Waals surface area contributed by atoms with Crippen molar-refractivity contribution in [1.29, 1.82) is 0 Å². The number of ether oxygens (including phenoxy) is 2. The summed E-state index contributed by atoms with van der Waals surface area (Å²) in [5.74, 6) is 1.73. The minimum atomic E-state index is 0.237. The van der Waals surface area contributed by atoms with Crippen molar-refractivity contribution >= 4 is 46.1 Å². The van der Waals surface area contributed by atoms with Crippen LogP contribution in [0.5, 0.6) is 11.5 Å². The summed E-state index contributed by atoms with van der Waals surface area (Å²) in [7, 11) is 3.30. The van der Waals surface area contributed by atoms with Crippen molar-refractivity contribution < 1.29 is 14.3 Å². The number of benzene rings is 2. The number of rotatable bonds is 8. The van der Waals surface area contributed by atoms with Crippen LogP contribution in [0.15, 0.2) is 46.8 Å². The number of likely N-dealkylation sites (tertiary alicyclic amines) is 1. The van der Waals surface area contributed by atoms with E-state index in [9.17, 15) is 4.79 Å². The Kier molecular flexibility index (Phi) is 7.63. The molecule has 33 heavy (non-hydrogen) atoms. The Morgan fingerprint density at radius 3 is 2.61 bits per heavy atom. The number of carbonyl (C=O) groups excluding carboxylic acids is 1. The molecule has 1 fully saturated rings. The quantitative estimate of drug-likeness (QED) is 0.389. The van der Waals surface area contributed by atoms with Crippen LogP contribution in [0.1, 0.15) is 19.3 Å². The first-order valence-corrected chi connectivity index (χ1v) is 12.3. The van der Waals surface area contributed by atoms with E-state index in [1.807, 2.05) is 29.2 Å². The molecule has 1 saturated heterocycles. The Balaban J connectivity index is 1.74. The van der Waals surface area contributed by atoms with Gasteiger partial charge in [-0.2, -0.15) is 0 Å². The zero-order valence-corrected chi connectivity index (χ0v) is 20.8. The number of hydrogen-bond acceptors (Lipinski definition) is 5. The van der Waals surface area contributed by atoms with Gasteiger partial charge in [-0.3, -0.25) is 4.79 Å². The second-order valence-corrected chi connectivity index (χ2v) is 9.32. The lowest BCUT2D eigenvalue weighted by atomic mass is 10.1. The van der Waals surface area contributed by atoms with Gasteiger partial charge in [-0.1, -0.05) is 23.2 Å². The summed E-state index contributed by atoms with van der Waals surface area (Å²) in [4.78, 5) is 19.6. The second kappa shape index (κ2) is 10.6. The maximum absolute atomic E-state index is 12.0. The first kappa shape index (κ1) is 23.7. The van der Waals surface area contributed by atoms with Crippen LogP contribution < -0.4 is 14.3 Å². The Morgan fingerprint density at radius 2 is 1.91 bits per heavy atom. The molecule has 2 aromatic carbocycles. The molecule has 0 N–H and O–H groups in total. The van der Waals surface area contributed by atoms with Crippen molar-refractivity contribution in [3.63, 3.8) is 0 Å². The van der Waals surface area contributed by atoms with Gasteiger partial charge in [-0.15, -0.1) is 11.3 Å². The lowest BCUT2D eigenvalue weighted by molar-refractivity contribution is -0.127. The molecule has 0 atom stereocenters. The van der Waals surface area contributed by atoms with Crippen LogP contribution in [-0.2, 0) is 11.3 Å². The average molecular weight is 506 g/mol. The molecule has 0 radical (unpaired) electrons. The molecule has 9 heteroatoms. The van der Waals surface area contributed by atoms with Gasteiger partial charge in [-0.05, 0) is 49.2 Å². The fraction of sp³-hybridized carbons (Fsp3) is 0.333. The lowest BCUT2D eigenvalue weighted by Crippen LogP contribution is -2.27. The van der Waals surface area contributed by atoms with E-state index in [1.165, 1.54) is 11.3 Å². The van der Waals surface area contributed by atoms with Gasteiger partial charge >= 0.3 is 0 Å². The monoisotopic (exact) mass is 505 g/mol.